The normalized spacial score (nSPS) is 9.56. The van der Waals surface area contributed by atoms with E-state index in [2.05, 4.69) is 5.32 Å². The second-order valence-electron chi connectivity index (χ2n) is 3.71. The van der Waals surface area contributed by atoms with Crippen molar-refractivity contribution in [1.29, 1.82) is 5.26 Å². The van der Waals surface area contributed by atoms with Crippen LogP contribution in [0.3, 0.4) is 0 Å². The van der Waals surface area contributed by atoms with Gasteiger partial charge >= 0.3 is 0 Å². The highest BCUT2D eigenvalue weighted by atomic mass is 32.1. The van der Waals surface area contributed by atoms with Crippen LogP contribution in [0.1, 0.15) is 22.5 Å². The number of hydrogen-bond acceptors (Lipinski definition) is 4. The molecule has 6 heteroatoms. The average Bonchev–Trinajstić information content (AvgIpc) is 2.89. The van der Waals surface area contributed by atoms with E-state index in [4.69, 9.17) is 5.26 Å². The van der Waals surface area contributed by atoms with Gasteiger partial charge in [-0.25, -0.2) is 0 Å². The van der Waals surface area contributed by atoms with Crippen molar-refractivity contribution in [2.45, 2.75) is 12.8 Å². The number of thiophene rings is 1. The lowest BCUT2D eigenvalue weighted by Gasteiger charge is -2.15. The third-order valence-electron chi connectivity index (χ3n) is 2.35. The zero-order chi connectivity index (χ0) is 13.4. The van der Waals surface area contributed by atoms with Crippen molar-refractivity contribution in [2.24, 2.45) is 0 Å². The second kappa shape index (κ2) is 7.45. The Morgan fingerprint density at radius 3 is 2.94 bits per heavy atom. The lowest BCUT2D eigenvalue weighted by molar-refractivity contribution is -0.129. The predicted octanol–water partition coefficient (Wildman–Crippen LogP) is 1.24. The SMILES string of the molecule is CN(CCC#N)C(=O)CCNC(=O)c1cccs1. The number of nitriles is 1. The van der Waals surface area contributed by atoms with Gasteiger partial charge in [0.1, 0.15) is 0 Å². The molecule has 96 valence electrons. The molecular formula is C12H15N3O2S. The van der Waals surface area contributed by atoms with E-state index in [1.54, 1.807) is 19.2 Å². The highest BCUT2D eigenvalue weighted by Crippen LogP contribution is 2.07. The van der Waals surface area contributed by atoms with Crippen LogP contribution >= 0.6 is 11.3 Å². The summed E-state index contributed by atoms with van der Waals surface area (Å²) >= 11 is 1.36. The average molecular weight is 265 g/mol. The first kappa shape index (κ1) is 14.2. The Labute approximate surface area is 110 Å². The number of nitrogens with zero attached hydrogens (tertiary/aromatic N) is 2. The molecule has 0 radical (unpaired) electrons. The van der Waals surface area contributed by atoms with E-state index in [1.807, 2.05) is 11.4 Å². The molecular weight excluding hydrogens is 250 g/mol. The largest absolute Gasteiger partial charge is 0.351 e. The van der Waals surface area contributed by atoms with Gasteiger partial charge in [0, 0.05) is 26.6 Å². The Balaban J connectivity index is 2.23. The minimum Gasteiger partial charge on any atom is -0.351 e. The zero-order valence-electron chi connectivity index (χ0n) is 10.2. The summed E-state index contributed by atoms with van der Waals surface area (Å²) in [5.41, 5.74) is 0. The van der Waals surface area contributed by atoms with Gasteiger partial charge in [0.2, 0.25) is 5.91 Å². The topological polar surface area (TPSA) is 73.2 Å². The van der Waals surface area contributed by atoms with Gasteiger partial charge in [-0.05, 0) is 11.4 Å². The fraction of sp³-hybridized carbons (Fsp3) is 0.417. The molecule has 18 heavy (non-hydrogen) atoms. The molecule has 2 amide bonds. The molecule has 5 nitrogen and oxygen atoms in total. The Morgan fingerprint density at radius 2 is 2.33 bits per heavy atom. The van der Waals surface area contributed by atoms with Crippen LogP contribution in [0.2, 0.25) is 0 Å². The highest BCUT2D eigenvalue weighted by molar-refractivity contribution is 7.12. The van der Waals surface area contributed by atoms with Crippen LogP contribution in [-0.4, -0.2) is 36.9 Å². The molecule has 1 N–H and O–H groups in total. The summed E-state index contributed by atoms with van der Waals surface area (Å²) in [4.78, 5) is 25.3. The van der Waals surface area contributed by atoms with E-state index >= 15 is 0 Å². The molecule has 0 unspecified atom stereocenters. The third-order valence-corrected chi connectivity index (χ3v) is 3.22. The van der Waals surface area contributed by atoms with Gasteiger partial charge in [0.15, 0.2) is 0 Å². The fourth-order valence-corrected chi connectivity index (χ4v) is 1.95. The summed E-state index contributed by atoms with van der Waals surface area (Å²) in [6.45, 7) is 0.737. The van der Waals surface area contributed by atoms with E-state index < -0.39 is 0 Å². The minimum absolute atomic E-state index is 0.0725. The van der Waals surface area contributed by atoms with Crippen molar-refractivity contribution in [3.05, 3.63) is 22.4 Å². The van der Waals surface area contributed by atoms with Crippen LogP contribution in [0.15, 0.2) is 17.5 Å². The van der Waals surface area contributed by atoms with E-state index in [9.17, 15) is 9.59 Å². The van der Waals surface area contributed by atoms with Gasteiger partial charge in [-0.3, -0.25) is 9.59 Å². The first-order chi connectivity index (χ1) is 8.65. The van der Waals surface area contributed by atoms with Crippen molar-refractivity contribution < 1.29 is 9.59 Å². The maximum atomic E-state index is 11.6. The summed E-state index contributed by atoms with van der Waals surface area (Å²) in [6, 6.07) is 5.53. The lowest BCUT2D eigenvalue weighted by Crippen LogP contribution is -2.32. The quantitative estimate of drug-likeness (QED) is 0.841. The summed E-state index contributed by atoms with van der Waals surface area (Å²) < 4.78 is 0. The van der Waals surface area contributed by atoms with Crippen LogP contribution < -0.4 is 5.32 Å². The first-order valence-electron chi connectivity index (χ1n) is 5.57. The van der Waals surface area contributed by atoms with Gasteiger partial charge in [0.05, 0.1) is 17.4 Å². The molecule has 0 bridgehead atoms. The Kier molecular flexibility index (Phi) is 5.88. The molecule has 0 atom stereocenters. The van der Waals surface area contributed by atoms with Crippen molar-refractivity contribution in [3.63, 3.8) is 0 Å². The van der Waals surface area contributed by atoms with Crippen molar-refractivity contribution >= 4 is 23.2 Å². The fourth-order valence-electron chi connectivity index (χ4n) is 1.31. The van der Waals surface area contributed by atoms with E-state index in [1.165, 1.54) is 16.2 Å². The lowest BCUT2D eigenvalue weighted by atomic mass is 10.3. The second-order valence-corrected chi connectivity index (χ2v) is 4.65. The van der Waals surface area contributed by atoms with Crippen LogP contribution in [0.5, 0.6) is 0 Å². The summed E-state index contributed by atoms with van der Waals surface area (Å²) in [5, 5.41) is 12.9. The van der Waals surface area contributed by atoms with Gasteiger partial charge < -0.3 is 10.2 Å². The Bertz CT molecular complexity index is 437. The molecule has 1 heterocycles. The third kappa shape index (κ3) is 4.55. The van der Waals surface area contributed by atoms with Crippen molar-refractivity contribution in [3.8, 4) is 6.07 Å². The molecule has 0 fully saturated rings. The number of hydrogen-bond donors (Lipinski definition) is 1. The standard InChI is InChI=1S/C12H15N3O2S/c1-15(8-3-6-13)11(16)5-7-14-12(17)10-4-2-9-18-10/h2,4,9H,3,5,7-8H2,1H3,(H,14,17). The van der Waals surface area contributed by atoms with Crippen molar-refractivity contribution in [2.75, 3.05) is 20.1 Å². The number of carbonyl (C=O) groups excluding carboxylic acids is 2. The summed E-state index contributed by atoms with van der Waals surface area (Å²) in [7, 11) is 1.65. The molecule has 1 aromatic heterocycles. The maximum absolute atomic E-state index is 11.6. The number of nitrogens with one attached hydrogen (secondary N) is 1. The van der Waals surface area contributed by atoms with Crippen molar-refractivity contribution in [1.82, 2.24) is 10.2 Å². The molecule has 0 aromatic carbocycles. The number of carbonyl (C=O) groups is 2. The van der Waals surface area contributed by atoms with Gasteiger partial charge in [-0.1, -0.05) is 6.07 Å². The van der Waals surface area contributed by atoms with Gasteiger partial charge in [-0.15, -0.1) is 11.3 Å². The molecule has 1 aromatic rings. The number of amides is 2. The minimum atomic E-state index is -0.155. The van der Waals surface area contributed by atoms with E-state index in [0.717, 1.165) is 0 Å². The molecule has 1 rings (SSSR count). The van der Waals surface area contributed by atoms with Crippen LogP contribution in [-0.2, 0) is 4.79 Å². The van der Waals surface area contributed by atoms with Gasteiger partial charge in [-0.2, -0.15) is 5.26 Å². The van der Waals surface area contributed by atoms with Gasteiger partial charge in [0.25, 0.3) is 5.91 Å². The maximum Gasteiger partial charge on any atom is 0.261 e. The monoisotopic (exact) mass is 265 g/mol. The smallest absolute Gasteiger partial charge is 0.261 e. The highest BCUT2D eigenvalue weighted by Gasteiger charge is 2.10. The summed E-state index contributed by atoms with van der Waals surface area (Å²) in [6.07, 6.45) is 0.572. The Morgan fingerprint density at radius 1 is 1.56 bits per heavy atom. The first-order valence-corrected chi connectivity index (χ1v) is 6.45. The van der Waals surface area contributed by atoms with Crippen LogP contribution in [0, 0.1) is 11.3 Å². The molecule has 0 aliphatic heterocycles. The molecule has 0 aliphatic rings. The molecule has 0 saturated carbocycles. The van der Waals surface area contributed by atoms with E-state index in [0.29, 0.717) is 24.4 Å². The summed E-state index contributed by atoms with van der Waals surface area (Å²) in [5.74, 6) is -0.228. The zero-order valence-corrected chi connectivity index (χ0v) is 11.0. The molecule has 0 spiro atoms. The molecule has 0 aliphatic carbocycles. The van der Waals surface area contributed by atoms with E-state index in [-0.39, 0.29) is 18.2 Å². The predicted molar refractivity (Wildman–Crippen MR) is 69.1 cm³/mol. The molecule has 0 saturated heterocycles. The Hall–Kier alpha value is -1.87. The number of rotatable bonds is 6. The van der Waals surface area contributed by atoms with Crippen LogP contribution in [0.25, 0.3) is 0 Å². The van der Waals surface area contributed by atoms with Crippen LogP contribution in [0.4, 0.5) is 0 Å².